The largest absolute Gasteiger partial charge is 0.481 e. The lowest BCUT2D eigenvalue weighted by molar-refractivity contribution is -0.146. The highest BCUT2D eigenvalue weighted by Crippen LogP contribution is 2.48. The van der Waals surface area contributed by atoms with Crippen LogP contribution in [0.4, 0.5) is 5.69 Å². The van der Waals surface area contributed by atoms with E-state index in [1.165, 1.54) is 0 Å². The average molecular weight is 356 g/mol. The third kappa shape index (κ3) is 3.11. The Hall–Kier alpha value is -2.63. The second kappa shape index (κ2) is 7.32. The molecule has 2 aliphatic carbocycles. The van der Waals surface area contributed by atoms with Crippen molar-refractivity contribution in [3.63, 3.8) is 0 Å². The number of hydrogen-bond donors (Lipinski definition) is 2. The normalized spacial score (nSPS) is 25.9. The zero-order chi connectivity index (χ0) is 18.8. The maximum absolute atomic E-state index is 12.9. The Morgan fingerprint density at radius 1 is 1.08 bits per heavy atom. The molecule has 6 heteroatoms. The number of rotatable bonds is 6. The fourth-order valence-corrected chi connectivity index (χ4v) is 4.19. The number of nitrogens with one attached hydrogen (secondary N) is 1. The fourth-order valence-electron chi connectivity index (χ4n) is 4.19. The van der Waals surface area contributed by atoms with Gasteiger partial charge in [-0.2, -0.15) is 0 Å². The monoisotopic (exact) mass is 356 g/mol. The van der Waals surface area contributed by atoms with E-state index < -0.39 is 17.8 Å². The lowest BCUT2D eigenvalue weighted by Gasteiger charge is -2.25. The quantitative estimate of drug-likeness (QED) is 0.767. The van der Waals surface area contributed by atoms with E-state index in [2.05, 4.69) is 5.32 Å². The predicted octanol–water partition coefficient (Wildman–Crippen LogP) is 2.63. The molecule has 1 fully saturated rings. The first-order chi connectivity index (χ1) is 12.5. The first kappa shape index (κ1) is 18.2. The van der Waals surface area contributed by atoms with E-state index in [4.69, 9.17) is 0 Å². The minimum Gasteiger partial charge on any atom is -0.481 e. The summed E-state index contributed by atoms with van der Waals surface area (Å²) in [5, 5.41) is 12.3. The molecule has 0 aliphatic heterocycles. The molecule has 1 aromatic rings. The van der Waals surface area contributed by atoms with Gasteiger partial charge in [-0.25, -0.2) is 0 Å². The van der Waals surface area contributed by atoms with E-state index in [0.717, 1.165) is 0 Å². The summed E-state index contributed by atoms with van der Waals surface area (Å²) < 4.78 is 0. The standard InChI is InChI=1S/C20H24N2O4/c1-3-22(4-2)19(24)14-7-5-6-8-15(14)21-18(23)16-12-9-10-13(11-12)17(16)20(25)26/h5-10,12-13,16-17H,3-4,11H2,1-2H3,(H,21,23)(H,25,26). The molecular formula is C20H24N2O4. The molecule has 0 heterocycles. The van der Waals surface area contributed by atoms with E-state index in [0.29, 0.717) is 30.8 Å². The third-order valence-corrected chi connectivity index (χ3v) is 5.51. The number of allylic oxidation sites excluding steroid dienone is 2. The molecule has 1 saturated carbocycles. The van der Waals surface area contributed by atoms with E-state index >= 15 is 0 Å². The third-order valence-electron chi connectivity index (χ3n) is 5.51. The number of aliphatic carboxylic acids is 1. The van der Waals surface area contributed by atoms with Gasteiger partial charge in [0, 0.05) is 13.1 Å². The van der Waals surface area contributed by atoms with E-state index in [-0.39, 0.29) is 23.7 Å². The topological polar surface area (TPSA) is 86.7 Å². The van der Waals surface area contributed by atoms with Gasteiger partial charge in [0.05, 0.1) is 23.1 Å². The molecule has 4 atom stereocenters. The number of fused-ring (bicyclic) bond motifs is 2. The summed E-state index contributed by atoms with van der Waals surface area (Å²) in [6.07, 6.45) is 4.56. The lowest BCUT2D eigenvalue weighted by Crippen LogP contribution is -2.37. The van der Waals surface area contributed by atoms with E-state index in [9.17, 15) is 19.5 Å². The van der Waals surface area contributed by atoms with Crippen LogP contribution in [-0.4, -0.2) is 40.9 Å². The maximum Gasteiger partial charge on any atom is 0.307 e. The first-order valence-electron chi connectivity index (χ1n) is 9.08. The Balaban J connectivity index is 1.83. The molecule has 26 heavy (non-hydrogen) atoms. The summed E-state index contributed by atoms with van der Waals surface area (Å²) in [6, 6.07) is 6.88. The Morgan fingerprint density at radius 2 is 1.69 bits per heavy atom. The van der Waals surface area contributed by atoms with Gasteiger partial charge in [-0.3, -0.25) is 14.4 Å². The number of nitrogens with zero attached hydrogens (tertiary/aromatic N) is 1. The molecule has 2 bridgehead atoms. The summed E-state index contributed by atoms with van der Waals surface area (Å²) in [5.41, 5.74) is 0.861. The SMILES string of the molecule is CCN(CC)C(=O)c1ccccc1NC(=O)C1C2C=CC(C2)C1C(=O)O. The van der Waals surface area contributed by atoms with Gasteiger partial charge in [-0.05, 0) is 44.2 Å². The summed E-state index contributed by atoms with van der Waals surface area (Å²) in [4.78, 5) is 38.9. The van der Waals surface area contributed by atoms with Gasteiger partial charge in [0.15, 0.2) is 0 Å². The van der Waals surface area contributed by atoms with Crippen LogP contribution in [0.5, 0.6) is 0 Å². The van der Waals surface area contributed by atoms with Crippen molar-refractivity contribution in [2.24, 2.45) is 23.7 Å². The molecule has 2 N–H and O–H groups in total. The number of para-hydroxylation sites is 1. The highest BCUT2D eigenvalue weighted by molar-refractivity contribution is 6.05. The Labute approximate surface area is 152 Å². The van der Waals surface area contributed by atoms with Crippen LogP contribution in [0.25, 0.3) is 0 Å². The smallest absolute Gasteiger partial charge is 0.307 e. The van der Waals surface area contributed by atoms with Crippen molar-refractivity contribution >= 4 is 23.5 Å². The zero-order valence-corrected chi connectivity index (χ0v) is 15.0. The maximum atomic E-state index is 12.9. The molecule has 4 unspecified atom stereocenters. The Kier molecular flexibility index (Phi) is 5.11. The van der Waals surface area contributed by atoms with Crippen LogP contribution in [0.15, 0.2) is 36.4 Å². The van der Waals surface area contributed by atoms with Gasteiger partial charge >= 0.3 is 5.97 Å². The fraction of sp³-hybridized carbons (Fsp3) is 0.450. The number of amides is 2. The second-order valence-corrected chi connectivity index (χ2v) is 6.85. The van der Waals surface area contributed by atoms with Crippen molar-refractivity contribution in [3.8, 4) is 0 Å². The van der Waals surface area contributed by atoms with E-state index in [1.807, 2.05) is 26.0 Å². The number of carbonyl (C=O) groups is 3. The lowest BCUT2D eigenvalue weighted by atomic mass is 9.82. The number of benzene rings is 1. The van der Waals surface area contributed by atoms with Crippen LogP contribution in [0, 0.1) is 23.7 Å². The van der Waals surface area contributed by atoms with Crippen molar-refractivity contribution in [2.75, 3.05) is 18.4 Å². The molecule has 0 spiro atoms. The number of carbonyl (C=O) groups excluding carboxylic acids is 2. The van der Waals surface area contributed by atoms with Crippen molar-refractivity contribution in [2.45, 2.75) is 20.3 Å². The molecule has 3 rings (SSSR count). The van der Waals surface area contributed by atoms with Crippen LogP contribution in [-0.2, 0) is 9.59 Å². The van der Waals surface area contributed by atoms with Gasteiger partial charge in [0.1, 0.15) is 0 Å². The van der Waals surface area contributed by atoms with Crippen LogP contribution in [0.3, 0.4) is 0 Å². The molecule has 0 radical (unpaired) electrons. The second-order valence-electron chi connectivity index (χ2n) is 6.85. The predicted molar refractivity (Wildman–Crippen MR) is 97.7 cm³/mol. The van der Waals surface area contributed by atoms with Gasteiger partial charge < -0.3 is 15.3 Å². The Bertz CT molecular complexity index is 754. The molecule has 0 saturated heterocycles. The molecule has 6 nitrogen and oxygen atoms in total. The summed E-state index contributed by atoms with van der Waals surface area (Å²) >= 11 is 0. The van der Waals surface area contributed by atoms with Crippen LogP contribution in [0.2, 0.25) is 0 Å². The Morgan fingerprint density at radius 3 is 2.31 bits per heavy atom. The molecule has 1 aromatic carbocycles. The number of carboxylic acids is 1. The van der Waals surface area contributed by atoms with Crippen LogP contribution in [0.1, 0.15) is 30.6 Å². The minimum atomic E-state index is -0.936. The summed E-state index contributed by atoms with van der Waals surface area (Å²) in [5.74, 6) is -2.83. The van der Waals surface area contributed by atoms with Gasteiger partial charge in [-0.1, -0.05) is 24.3 Å². The van der Waals surface area contributed by atoms with Gasteiger partial charge in [0.2, 0.25) is 5.91 Å². The summed E-state index contributed by atoms with van der Waals surface area (Å²) in [6.45, 7) is 4.97. The molecule has 0 aromatic heterocycles. The van der Waals surface area contributed by atoms with Gasteiger partial charge in [0.25, 0.3) is 5.91 Å². The molecular weight excluding hydrogens is 332 g/mol. The van der Waals surface area contributed by atoms with Crippen molar-refractivity contribution in [3.05, 3.63) is 42.0 Å². The zero-order valence-electron chi connectivity index (χ0n) is 15.0. The van der Waals surface area contributed by atoms with Crippen molar-refractivity contribution < 1.29 is 19.5 Å². The van der Waals surface area contributed by atoms with Crippen molar-refractivity contribution in [1.82, 2.24) is 4.90 Å². The molecule has 138 valence electrons. The first-order valence-corrected chi connectivity index (χ1v) is 9.08. The van der Waals surface area contributed by atoms with Gasteiger partial charge in [-0.15, -0.1) is 0 Å². The number of hydrogen-bond acceptors (Lipinski definition) is 3. The molecule has 2 aliphatic rings. The number of anilines is 1. The molecule has 2 amide bonds. The highest BCUT2D eigenvalue weighted by atomic mass is 16.4. The van der Waals surface area contributed by atoms with Crippen LogP contribution < -0.4 is 5.32 Å². The minimum absolute atomic E-state index is 0.0493. The highest BCUT2D eigenvalue weighted by Gasteiger charge is 2.51. The average Bonchev–Trinajstić information content (AvgIpc) is 3.24. The summed E-state index contributed by atoms with van der Waals surface area (Å²) in [7, 11) is 0. The van der Waals surface area contributed by atoms with E-state index in [1.54, 1.807) is 29.2 Å². The number of carboxylic acid groups (broad SMARTS) is 1. The van der Waals surface area contributed by atoms with Crippen molar-refractivity contribution in [1.29, 1.82) is 0 Å². The van der Waals surface area contributed by atoms with Crippen LogP contribution >= 0.6 is 0 Å².